The maximum absolute atomic E-state index is 11.5. The van der Waals surface area contributed by atoms with Crippen molar-refractivity contribution in [2.24, 2.45) is 17.8 Å². The Morgan fingerprint density at radius 3 is 1.07 bits per heavy atom. The molecule has 0 amide bonds. The molecular weight excluding hydrogens is 566 g/mol. The van der Waals surface area contributed by atoms with E-state index in [0.717, 1.165) is 19.4 Å². The Balaban J connectivity index is 4.36. The molecule has 3 N–H and O–H groups in total. The highest BCUT2D eigenvalue weighted by Gasteiger charge is 2.31. The molecule has 3 atom stereocenters. The molecule has 0 saturated carbocycles. The molecule has 0 aromatic carbocycles. The first-order chi connectivity index (χ1) is 21.5. The molecule has 0 aliphatic rings. The highest BCUT2D eigenvalue weighted by atomic mass is 16.4. The van der Waals surface area contributed by atoms with Crippen molar-refractivity contribution >= 4 is 17.9 Å². The van der Waals surface area contributed by atoms with Gasteiger partial charge in [0, 0.05) is 19.3 Å². The fourth-order valence-corrected chi connectivity index (χ4v) is 6.02. The molecule has 0 fully saturated rings. The summed E-state index contributed by atoms with van der Waals surface area (Å²) < 4.78 is 0.612. The summed E-state index contributed by atoms with van der Waals surface area (Å²) in [6.07, 6.45) is 30.7. The lowest BCUT2D eigenvalue weighted by atomic mass is 10.0. The summed E-state index contributed by atoms with van der Waals surface area (Å²) in [7, 11) is 0. The second-order valence-corrected chi connectivity index (χ2v) is 14.0. The normalized spacial score (nSPS) is 15.1. The van der Waals surface area contributed by atoms with Crippen LogP contribution in [0.25, 0.3) is 0 Å². The van der Waals surface area contributed by atoms with Crippen LogP contribution in [0, 0.1) is 17.8 Å². The van der Waals surface area contributed by atoms with Crippen LogP contribution in [-0.2, 0) is 14.4 Å². The van der Waals surface area contributed by atoms with Crippen LogP contribution < -0.4 is 0 Å². The summed E-state index contributed by atoms with van der Waals surface area (Å²) in [6.45, 7) is 10.2. The molecule has 7 heteroatoms. The minimum atomic E-state index is -0.823. The Morgan fingerprint density at radius 2 is 0.756 bits per heavy atom. The maximum Gasteiger partial charge on any atom is 0.306 e. The fourth-order valence-electron chi connectivity index (χ4n) is 6.02. The van der Waals surface area contributed by atoms with Crippen molar-refractivity contribution < 1.29 is 34.2 Å². The van der Waals surface area contributed by atoms with Gasteiger partial charge in [-0.05, 0) is 38.5 Å². The molecule has 0 heterocycles. The molecular formula is C38H72NO6+. The third-order valence-corrected chi connectivity index (χ3v) is 9.77. The number of allylic oxidation sites excluding steroid dienone is 2. The molecule has 0 bridgehead atoms. The van der Waals surface area contributed by atoms with E-state index < -0.39 is 35.7 Å². The van der Waals surface area contributed by atoms with Crippen LogP contribution in [0.4, 0.5) is 0 Å². The van der Waals surface area contributed by atoms with Gasteiger partial charge >= 0.3 is 17.9 Å². The summed E-state index contributed by atoms with van der Waals surface area (Å²) in [6, 6.07) is 0. The smallest absolute Gasteiger partial charge is 0.306 e. The predicted molar refractivity (Wildman–Crippen MR) is 187 cm³/mol. The van der Waals surface area contributed by atoms with E-state index in [1.54, 1.807) is 20.8 Å². The predicted octanol–water partition coefficient (Wildman–Crippen LogP) is 10.1. The van der Waals surface area contributed by atoms with E-state index in [9.17, 15) is 29.7 Å². The average molecular weight is 639 g/mol. The summed E-state index contributed by atoms with van der Waals surface area (Å²) in [5, 5.41) is 28.4. The van der Waals surface area contributed by atoms with Gasteiger partial charge in [0.15, 0.2) is 0 Å². The molecule has 0 aromatic heterocycles. The Bertz CT molecular complexity index is 722. The number of unbranched alkanes of at least 4 members (excludes halogenated alkanes) is 17. The standard InChI is InChI=1S/C38H71NO6/c1-5-6-7-8-9-10-11-12-13-14-15-16-17-18-19-20-21-22-23-24-25-29-39(30-26-33(2)36(40)41,31-27-34(3)37(42)43)32-28-35(4)38(44)45/h14-15,33-35H,5-13,16-32H2,1-4H3,(H2-,40,41,42,43,44,45)/p+1/b15-14+. The van der Waals surface area contributed by atoms with Crippen molar-refractivity contribution in [2.75, 3.05) is 26.2 Å². The summed E-state index contributed by atoms with van der Waals surface area (Å²) >= 11 is 0. The minimum absolute atomic E-state index is 0.480. The topological polar surface area (TPSA) is 112 Å². The highest BCUT2D eigenvalue weighted by molar-refractivity contribution is 5.70. The number of rotatable bonds is 33. The van der Waals surface area contributed by atoms with Crippen molar-refractivity contribution in [1.29, 1.82) is 0 Å². The molecule has 0 rings (SSSR count). The van der Waals surface area contributed by atoms with Crippen LogP contribution >= 0.6 is 0 Å². The van der Waals surface area contributed by atoms with E-state index in [0.29, 0.717) is 43.4 Å². The third-order valence-electron chi connectivity index (χ3n) is 9.77. The van der Waals surface area contributed by atoms with Gasteiger partial charge in [0.2, 0.25) is 0 Å². The number of carbonyl (C=O) groups is 3. The van der Waals surface area contributed by atoms with Crippen molar-refractivity contribution in [3.05, 3.63) is 12.2 Å². The highest BCUT2D eigenvalue weighted by Crippen LogP contribution is 2.22. The molecule has 7 nitrogen and oxygen atoms in total. The van der Waals surface area contributed by atoms with Crippen molar-refractivity contribution in [1.82, 2.24) is 0 Å². The van der Waals surface area contributed by atoms with Gasteiger partial charge in [-0.3, -0.25) is 14.4 Å². The van der Waals surface area contributed by atoms with Crippen LogP contribution in [0.3, 0.4) is 0 Å². The monoisotopic (exact) mass is 639 g/mol. The number of hydrogen-bond donors (Lipinski definition) is 3. The molecule has 45 heavy (non-hydrogen) atoms. The van der Waals surface area contributed by atoms with Gasteiger partial charge in [0.25, 0.3) is 0 Å². The Kier molecular flexibility index (Phi) is 27.2. The van der Waals surface area contributed by atoms with Crippen molar-refractivity contribution in [3.63, 3.8) is 0 Å². The number of aliphatic carboxylic acids is 3. The van der Waals surface area contributed by atoms with Gasteiger partial charge < -0.3 is 19.8 Å². The molecule has 0 spiro atoms. The molecule has 3 unspecified atom stereocenters. The largest absolute Gasteiger partial charge is 0.481 e. The first kappa shape index (κ1) is 43.1. The van der Waals surface area contributed by atoms with Gasteiger partial charge in [-0.25, -0.2) is 0 Å². The number of hydrogen-bond acceptors (Lipinski definition) is 3. The lowest BCUT2D eigenvalue weighted by Crippen LogP contribution is -2.52. The molecule has 0 aromatic rings. The zero-order valence-corrected chi connectivity index (χ0v) is 29.8. The number of quaternary nitrogens is 1. The maximum atomic E-state index is 11.5. The molecule has 0 saturated heterocycles. The molecule has 0 aliphatic heterocycles. The second kappa shape index (κ2) is 28.3. The SMILES string of the molecule is CCCCCCCCCC/C=C/CCCCCCCCCCC[N+](CCC(C)C(=O)O)(CCC(C)C(=O)O)CCC(C)C(=O)O. The number of nitrogens with zero attached hydrogens (tertiary/aromatic N) is 1. The zero-order valence-electron chi connectivity index (χ0n) is 29.8. The second-order valence-electron chi connectivity index (χ2n) is 14.0. The molecule has 264 valence electrons. The van der Waals surface area contributed by atoms with Gasteiger partial charge in [0.1, 0.15) is 0 Å². The minimum Gasteiger partial charge on any atom is -0.481 e. The van der Waals surface area contributed by atoms with Crippen LogP contribution in [0.5, 0.6) is 0 Å². The average Bonchev–Trinajstić information content (AvgIpc) is 3.01. The van der Waals surface area contributed by atoms with Crippen LogP contribution in [-0.4, -0.2) is 63.9 Å². The van der Waals surface area contributed by atoms with E-state index in [4.69, 9.17) is 0 Å². The van der Waals surface area contributed by atoms with Crippen LogP contribution in [0.2, 0.25) is 0 Å². The van der Waals surface area contributed by atoms with E-state index in [1.807, 2.05) is 0 Å². The van der Waals surface area contributed by atoms with E-state index in [2.05, 4.69) is 19.1 Å². The summed E-state index contributed by atoms with van der Waals surface area (Å²) in [4.78, 5) is 34.6. The first-order valence-electron chi connectivity index (χ1n) is 18.7. The molecule has 0 aliphatic carbocycles. The van der Waals surface area contributed by atoms with Gasteiger partial charge in [-0.2, -0.15) is 0 Å². The van der Waals surface area contributed by atoms with Crippen LogP contribution in [0.1, 0.15) is 169 Å². The Morgan fingerprint density at radius 1 is 0.467 bits per heavy atom. The molecule has 0 radical (unpaired) electrons. The van der Waals surface area contributed by atoms with Gasteiger partial charge in [-0.15, -0.1) is 0 Å². The Labute approximate surface area is 276 Å². The zero-order chi connectivity index (χ0) is 33.8. The summed E-state index contributed by atoms with van der Waals surface area (Å²) in [5.74, 6) is -3.91. The Hall–Kier alpha value is -1.89. The van der Waals surface area contributed by atoms with Crippen molar-refractivity contribution in [3.8, 4) is 0 Å². The first-order valence-corrected chi connectivity index (χ1v) is 18.7. The van der Waals surface area contributed by atoms with Crippen molar-refractivity contribution in [2.45, 2.75) is 169 Å². The quantitative estimate of drug-likeness (QED) is 0.0375. The third kappa shape index (κ3) is 24.9. The van der Waals surface area contributed by atoms with Gasteiger partial charge in [0.05, 0.1) is 43.9 Å². The lowest BCUT2D eigenvalue weighted by Gasteiger charge is -2.40. The van der Waals surface area contributed by atoms with Crippen LogP contribution in [0.15, 0.2) is 12.2 Å². The summed E-state index contributed by atoms with van der Waals surface area (Å²) in [5.41, 5.74) is 0. The van der Waals surface area contributed by atoms with E-state index >= 15 is 0 Å². The number of carboxylic acids is 3. The lowest BCUT2D eigenvalue weighted by molar-refractivity contribution is -0.929. The number of carboxylic acid groups (broad SMARTS) is 3. The van der Waals surface area contributed by atoms with E-state index in [-0.39, 0.29) is 0 Å². The van der Waals surface area contributed by atoms with E-state index in [1.165, 1.54) is 109 Å². The van der Waals surface area contributed by atoms with Gasteiger partial charge in [-0.1, -0.05) is 123 Å². The fraction of sp³-hybridized carbons (Fsp3) is 0.868.